The number of carbonyl (C=O) groups is 1. The van der Waals surface area contributed by atoms with Gasteiger partial charge in [0, 0.05) is 18.5 Å². The molecule has 0 aliphatic carbocycles. The molecule has 3 heteroatoms. The van der Waals surface area contributed by atoms with E-state index in [2.05, 4.69) is 48.8 Å². The van der Waals surface area contributed by atoms with Crippen molar-refractivity contribution in [3.05, 3.63) is 71.3 Å². The average molecular weight is 309 g/mol. The Morgan fingerprint density at radius 3 is 2.70 bits per heavy atom. The number of nitrogens with one attached hydrogen (secondary N) is 2. The smallest absolute Gasteiger partial charge is 0.226 e. The monoisotopic (exact) mass is 309 g/mol. The van der Waals surface area contributed by atoms with E-state index in [1.807, 2.05) is 18.2 Å². The maximum Gasteiger partial charge on any atom is 0.226 e. The number of quaternary nitrogens is 1. The van der Waals surface area contributed by atoms with Crippen molar-refractivity contribution in [2.75, 3.05) is 20.1 Å². The Labute approximate surface area is 138 Å². The zero-order valence-electron chi connectivity index (χ0n) is 13.7. The highest BCUT2D eigenvalue weighted by Gasteiger charge is 2.29. The fourth-order valence-corrected chi connectivity index (χ4v) is 3.41. The molecule has 120 valence electrons. The first-order valence-electron chi connectivity index (χ1n) is 8.45. The molecule has 0 radical (unpaired) electrons. The van der Waals surface area contributed by atoms with E-state index in [4.69, 9.17) is 0 Å². The molecule has 2 atom stereocenters. The topological polar surface area (TPSA) is 33.5 Å². The normalized spacial score (nSPS) is 19.9. The molecule has 2 aromatic rings. The summed E-state index contributed by atoms with van der Waals surface area (Å²) < 4.78 is 0. The molecule has 0 aromatic heterocycles. The van der Waals surface area contributed by atoms with Crippen molar-refractivity contribution in [1.82, 2.24) is 5.32 Å². The highest BCUT2D eigenvalue weighted by atomic mass is 16.1. The van der Waals surface area contributed by atoms with Crippen molar-refractivity contribution in [2.24, 2.45) is 0 Å². The summed E-state index contributed by atoms with van der Waals surface area (Å²) in [6, 6.07) is 19.1. The Bertz CT molecular complexity index is 654. The third-order valence-corrected chi connectivity index (χ3v) is 4.78. The fourth-order valence-electron chi connectivity index (χ4n) is 3.41. The van der Waals surface area contributed by atoms with E-state index < -0.39 is 0 Å². The Kier molecular flexibility index (Phi) is 5.09. The summed E-state index contributed by atoms with van der Waals surface area (Å²) in [5, 5.41) is 3.08. The van der Waals surface area contributed by atoms with Crippen LogP contribution in [-0.2, 0) is 17.6 Å². The van der Waals surface area contributed by atoms with Gasteiger partial charge in [0.25, 0.3) is 0 Å². The molecule has 3 nitrogen and oxygen atoms in total. The summed E-state index contributed by atoms with van der Waals surface area (Å²) in [5.41, 5.74) is 4.01. The lowest BCUT2D eigenvalue weighted by atomic mass is 9.91. The molecule has 1 aliphatic rings. The minimum atomic E-state index is 0.155. The van der Waals surface area contributed by atoms with Crippen LogP contribution in [0.2, 0.25) is 0 Å². The van der Waals surface area contributed by atoms with Crippen LogP contribution in [-0.4, -0.2) is 26.0 Å². The number of carbonyl (C=O) groups excluding carboxylic acids is 1. The number of hydrogen-bond acceptors (Lipinski definition) is 1. The summed E-state index contributed by atoms with van der Waals surface area (Å²) in [6.45, 7) is 1.80. The molecule has 1 unspecified atom stereocenters. The van der Waals surface area contributed by atoms with E-state index in [0.29, 0.717) is 13.0 Å². The van der Waals surface area contributed by atoms with Crippen LogP contribution in [0.15, 0.2) is 54.6 Å². The second-order valence-electron chi connectivity index (χ2n) is 6.39. The van der Waals surface area contributed by atoms with Crippen LogP contribution in [0.1, 0.15) is 29.2 Å². The van der Waals surface area contributed by atoms with Crippen molar-refractivity contribution in [3.63, 3.8) is 0 Å². The number of hydrogen-bond donors (Lipinski definition) is 2. The third-order valence-electron chi connectivity index (χ3n) is 4.78. The van der Waals surface area contributed by atoms with Crippen molar-refractivity contribution in [3.8, 4) is 0 Å². The summed E-state index contributed by atoms with van der Waals surface area (Å²) in [4.78, 5) is 13.8. The first-order valence-corrected chi connectivity index (χ1v) is 8.45. The molecule has 1 amide bonds. The van der Waals surface area contributed by atoms with Gasteiger partial charge in [0.05, 0.1) is 20.0 Å². The summed E-state index contributed by atoms with van der Waals surface area (Å²) in [6.07, 6.45) is 2.56. The summed E-state index contributed by atoms with van der Waals surface area (Å²) >= 11 is 0. The van der Waals surface area contributed by atoms with Gasteiger partial charge in [-0.1, -0.05) is 54.6 Å². The average Bonchev–Trinajstić information content (AvgIpc) is 2.58. The first kappa shape index (κ1) is 15.8. The maximum absolute atomic E-state index is 12.3. The molecule has 2 aromatic carbocycles. The van der Waals surface area contributed by atoms with E-state index in [-0.39, 0.29) is 11.9 Å². The molecule has 0 fully saturated rings. The molecular formula is C20H25N2O+. The molecule has 0 saturated heterocycles. The van der Waals surface area contributed by atoms with Crippen molar-refractivity contribution < 1.29 is 9.69 Å². The van der Waals surface area contributed by atoms with Crippen LogP contribution in [0.3, 0.4) is 0 Å². The first-order chi connectivity index (χ1) is 11.2. The van der Waals surface area contributed by atoms with E-state index >= 15 is 0 Å². The second kappa shape index (κ2) is 7.42. The van der Waals surface area contributed by atoms with Gasteiger partial charge >= 0.3 is 0 Å². The van der Waals surface area contributed by atoms with Crippen molar-refractivity contribution in [2.45, 2.75) is 25.3 Å². The van der Waals surface area contributed by atoms with Crippen LogP contribution in [0.4, 0.5) is 0 Å². The van der Waals surface area contributed by atoms with Gasteiger partial charge in [0.15, 0.2) is 0 Å². The van der Waals surface area contributed by atoms with E-state index in [9.17, 15) is 4.79 Å². The van der Waals surface area contributed by atoms with E-state index in [1.165, 1.54) is 21.6 Å². The highest BCUT2D eigenvalue weighted by Crippen LogP contribution is 2.21. The Balaban J connectivity index is 1.55. The van der Waals surface area contributed by atoms with Crippen LogP contribution >= 0.6 is 0 Å². The largest absolute Gasteiger partial charge is 0.356 e. The second-order valence-corrected chi connectivity index (χ2v) is 6.39. The molecule has 3 rings (SSSR count). The lowest BCUT2D eigenvalue weighted by Crippen LogP contribution is -3.10. The van der Waals surface area contributed by atoms with Crippen LogP contribution in [0.25, 0.3) is 0 Å². The molecular weight excluding hydrogens is 284 g/mol. The summed E-state index contributed by atoms with van der Waals surface area (Å²) in [7, 11) is 2.19. The molecule has 0 saturated carbocycles. The summed E-state index contributed by atoms with van der Waals surface area (Å²) in [5.74, 6) is 0.155. The number of benzene rings is 2. The van der Waals surface area contributed by atoms with Gasteiger partial charge in [-0.3, -0.25) is 4.79 Å². The predicted octanol–water partition coefficient (Wildman–Crippen LogP) is 1.55. The van der Waals surface area contributed by atoms with Crippen LogP contribution < -0.4 is 10.2 Å². The standard InChI is InChI=1S/C20H24N2O/c1-22-14-12-17-9-5-6-10-18(17)19(22)15-20(23)21-13-11-16-7-3-2-4-8-16/h2-10,19H,11-15H2,1H3,(H,21,23)/p+1/t19-/m1/s1. The minimum absolute atomic E-state index is 0.155. The quantitative estimate of drug-likeness (QED) is 0.863. The van der Waals surface area contributed by atoms with Gasteiger partial charge in [-0.2, -0.15) is 0 Å². The zero-order valence-corrected chi connectivity index (χ0v) is 13.7. The van der Waals surface area contributed by atoms with Gasteiger partial charge in [-0.15, -0.1) is 0 Å². The Morgan fingerprint density at radius 1 is 1.13 bits per heavy atom. The Morgan fingerprint density at radius 2 is 1.87 bits per heavy atom. The highest BCUT2D eigenvalue weighted by molar-refractivity contribution is 5.76. The lowest BCUT2D eigenvalue weighted by molar-refractivity contribution is -0.914. The number of likely N-dealkylation sites (N-methyl/N-ethyl adjacent to an activating group) is 1. The molecule has 1 aliphatic heterocycles. The SMILES string of the molecule is C[NH+]1CCc2ccccc2[C@H]1CC(=O)NCCc1ccccc1. The lowest BCUT2D eigenvalue weighted by Gasteiger charge is -2.31. The molecule has 1 heterocycles. The predicted molar refractivity (Wildman–Crippen MR) is 92.4 cm³/mol. The van der Waals surface area contributed by atoms with Crippen LogP contribution in [0.5, 0.6) is 0 Å². The minimum Gasteiger partial charge on any atom is -0.356 e. The molecule has 0 bridgehead atoms. The number of amides is 1. The van der Waals surface area contributed by atoms with Crippen molar-refractivity contribution in [1.29, 1.82) is 0 Å². The van der Waals surface area contributed by atoms with Crippen LogP contribution in [0, 0.1) is 0 Å². The van der Waals surface area contributed by atoms with Gasteiger partial charge < -0.3 is 10.2 Å². The Hall–Kier alpha value is -2.13. The zero-order chi connectivity index (χ0) is 16.1. The molecule has 2 N–H and O–H groups in total. The third kappa shape index (κ3) is 3.99. The number of rotatable bonds is 5. The number of fused-ring (bicyclic) bond motifs is 1. The van der Waals surface area contributed by atoms with Gasteiger partial charge in [-0.05, 0) is 17.5 Å². The molecule has 23 heavy (non-hydrogen) atoms. The van der Waals surface area contributed by atoms with E-state index in [1.54, 1.807) is 0 Å². The van der Waals surface area contributed by atoms with E-state index in [0.717, 1.165) is 19.4 Å². The fraction of sp³-hybridized carbons (Fsp3) is 0.350. The molecule has 0 spiro atoms. The van der Waals surface area contributed by atoms with Gasteiger partial charge in [-0.25, -0.2) is 0 Å². The van der Waals surface area contributed by atoms with Gasteiger partial charge in [0.1, 0.15) is 6.04 Å². The maximum atomic E-state index is 12.3. The van der Waals surface area contributed by atoms with Gasteiger partial charge in [0.2, 0.25) is 5.91 Å². The van der Waals surface area contributed by atoms with Crippen molar-refractivity contribution >= 4 is 5.91 Å².